The highest BCUT2D eigenvalue weighted by Gasteiger charge is 2.23. The van der Waals surface area contributed by atoms with Gasteiger partial charge < -0.3 is 5.73 Å². The Morgan fingerprint density at radius 2 is 2.36 bits per heavy atom. The van der Waals surface area contributed by atoms with Gasteiger partial charge in [-0.05, 0) is 25.3 Å². The first-order valence-electron chi connectivity index (χ1n) is 4.72. The lowest BCUT2D eigenvalue weighted by Crippen LogP contribution is -2.38. The van der Waals surface area contributed by atoms with E-state index in [2.05, 4.69) is 18.7 Å². The van der Waals surface area contributed by atoms with Crippen LogP contribution in [-0.4, -0.2) is 30.6 Å². The Morgan fingerprint density at radius 1 is 1.64 bits per heavy atom. The molecule has 66 valence electrons. The molecule has 0 saturated carbocycles. The molecule has 0 bridgehead atoms. The number of rotatable bonds is 3. The van der Waals surface area contributed by atoms with Crippen LogP contribution < -0.4 is 5.73 Å². The maximum absolute atomic E-state index is 5.67. The summed E-state index contributed by atoms with van der Waals surface area (Å²) in [6, 6.07) is 0.639. The van der Waals surface area contributed by atoms with Crippen LogP contribution in [0.2, 0.25) is 0 Å². The maximum atomic E-state index is 5.67. The van der Waals surface area contributed by atoms with E-state index in [4.69, 9.17) is 5.73 Å². The molecule has 0 radical (unpaired) electrons. The van der Waals surface area contributed by atoms with Crippen molar-refractivity contribution in [2.24, 2.45) is 11.7 Å². The molecule has 0 spiro atoms. The molecule has 1 rings (SSSR count). The fraction of sp³-hybridized carbons (Fsp3) is 1.00. The summed E-state index contributed by atoms with van der Waals surface area (Å²) < 4.78 is 0. The molecule has 2 atom stereocenters. The molecule has 0 aromatic carbocycles. The fourth-order valence-electron chi connectivity index (χ4n) is 1.87. The van der Waals surface area contributed by atoms with Crippen LogP contribution >= 0.6 is 0 Å². The van der Waals surface area contributed by atoms with Gasteiger partial charge >= 0.3 is 0 Å². The smallest absolute Gasteiger partial charge is 0.0215 e. The van der Waals surface area contributed by atoms with E-state index in [0.717, 1.165) is 12.5 Å². The monoisotopic (exact) mass is 156 g/mol. The van der Waals surface area contributed by atoms with Crippen molar-refractivity contribution in [3.8, 4) is 0 Å². The zero-order valence-electron chi connectivity index (χ0n) is 7.71. The largest absolute Gasteiger partial charge is 0.329 e. The lowest BCUT2D eigenvalue weighted by atomic mass is 10.1. The van der Waals surface area contributed by atoms with Gasteiger partial charge in [-0.25, -0.2) is 0 Å². The Bertz CT molecular complexity index is 110. The van der Waals surface area contributed by atoms with E-state index in [9.17, 15) is 0 Å². The van der Waals surface area contributed by atoms with Gasteiger partial charge in [-0.3, -0.25) is 4.90 Å². The van der Waals surface area contributed by atoms with Crippen molar-refractivity contribution in [2.45, 2.75) is 32.7 Å². The first-order chi connectivity index (χ1) is 5.27. The van der Waals surface area contributed by atoms with Gasteiger partial charge in [0.15, 0.2) is 0 Å². The first kappa shape index (κ1) is 9.01. The molecular weight excluding hydrogens is 136 g/mol. The van der Waals surface area contributed by atoms with Gasteiger partial charge in [0.2, 0.25) is 0 Å². The first-order valence-corrected chi connectivity index (χ1v) is 4.72. The highest BCUT2D eigenvalue weighted by molar-refractivity contribution is 4.79. The van der Waals surface area contributed by atoms with Crippen molar-refractivity contribution >= 4 is 0 Å². The van der Waals surface area contributed by atoms with Crippen LogP contribution in [-0.2, 0) is 0 Å². The second-order valence-electron chi connectivity index (χ2n) is 3.69. The van der Waals surface area contributed by atoms with Gasteiger partial charge in [-0.1, -0.05) is 13.8 Å². The number of nitrogens with zero attached hydrogens (tertiary/aromatic N) is 1. The Balaban J connectivity index is 2.34. The molecule has 1 saturated heterocycles. The van der Waals surface area contributed by atoms with E-state index in [0.29, 0.717) is 6.04 Å². The zero-order chi connectivity index (χ0) is 8.27. The zero-order valence-corrected chi connectivity index (χ0v) is 7.71. The fourth-order valence-corrected chi connectivity index (χ4v) is 1.87. The number of hydrogen-bond acceptors (Lipinski definition) is 2. The summed E-state index contributed by atoms with van der Waals surface area (Å²) in [4.78, 5) is 2.53. The Labute approximate surface area is 69.8 Å². The third-order valence-corrected chi connectivity index (χ3v) is 2.72. The highest BCUT2D eigenvalue weighted by Crippen LogP contribution is 2.18. The van der Waals surface area contributed by atoms with E-state index < -0.39 is 0 Å². The summed E-state index contributed by atoms with van der Waals surface area (Å²) in [5.74, 6) is 0.885. The molecule has 1 aliphatic rings. The van der Waals surface area contributed by atoms with Gasteiger partial charge in [0.05, 0.1) is 0 Å². The van der Waals surface area contributed by atoms with Crippen molar-refractivity contribution < 1.29 is 0 Å². The minimum Gasteiger partial charge on any atom is -0.329 e. The molecular formula is C9H20N2. The molecule has 0 amide bonds. The Morgan fingerprint density at radius 3 is 2.73 bits per heavy atom. The molecule has 2 unspecified atom stereocenters. The van der Waals surface area contributed by atoms with E-state index in [1.54, 1.807) is 0 Å². The van der Waals surface area contributed by atoms with Crippen molar-refractivity contribution in [3.05, 3.63) is 0 Å². The van der Waals surface area contributed by atoms with E-state index in [1.807, 2.05) is 0 Å². The normalized spacial score (nSPS) is 29.2. The standard InChI is InChI=1S/C9H20N2/c1-3-9(6-10)11-5-4-8(2)7-11/h8-9H,3-7,10H2,1-2H3. The molecule has 2 heteroatoms. The number of hydrogen-bond donors (Lipinski definition) is 1. The molecule has 1 aliphatic heterocycles. The summed E-state index contributed by atoms with van der Waals surface area (Å²) in [5, 5.41) is 0. The van der Waals surface area contributed by atoms with Crippen LogP contribution in [0.1, 0.15) is 26.7 Å². The Kier molecular flexibility index (Phi) is 3.34. The van der Waals surface area contributed by atoms with Gasteiger partial charge in [-0.2, -0.15) is 0 Å². The lowest BCUT2D eigenvalue weighted by molar-refractivity contribution is 0.235. The molecule has 0 aromatic rings. The summed E-state index contributed by atoms with van der Waals surface area (Å²) in [5.41, 5.74) is 5.67. The van der Waals surface area contributed by atoms with Gasteiger partial charge in [0.25, 0.3) is 0 Å². The van der Waals surface area contributed by atoms with Crippen LogP contribution in [0.5, 0.6) is 0 Å². The minimum atomic E-state index is 0.639. The molecule has 0 aliphatic carbocycles. The summed E-state index contributed by atoms with van der Waals surface area (Å²) in [7, 11) is 0. The Hall–Kier alpha value is -0.0800. The average Bonchev–Trinajstić information content (AvgIpc) is 2.39. The SMILES string of the molecule is CCC(CN)N1CCC(C)C1. The van der Waals surface area contributed by atoms with E-state index in [1.165, 1.54) is 25.9 Å². The molecule has 1 heterocycles. The third-order valence-electron chi connectivity index (χ3n) is 2.72. The molecule has 0 aromatic heterocycles. The number of likely N-dealkylation sites (tertiary alicyclic amines) is 1. The minimum absolute atomic E-state index is 0.639. The van der Waals surface area contributed by atoms with Crippen LogP contribution in [0.4, 0.5) is 0 Å². The second kappa shape index (κ2) is 4.07. The van der Waals surface area contributed by atoms with E-state index in [-0.39, 0.29) is 0 Å². The number of nitrogens with two attached hydrogens (primary N) is 1. The van der Waals surface area contributed by atoms with E-state index >= 15 is 0 Å². The quantitative estimate of drug-likeness (QED) is 0.662. The maximum Gasteiger partial charge on any atom is 0.0215 e. The van der Waals surface area contributed by atoms with Gasteiger partial charge in [-0.15, -0.1) is 0 Å². The highest BCUT2D eigenvalue weighted by atomic mass is 15.2. The lowest BCUT2D eigenvalue weighted by Gasteiger charge is -2.24. The van der Waals surface area contributed by atoms with Crippen LogP contribution in [0.25, 0.3) is 0 Å². The van der Waals surface area contributed by atoms with Crippen LogP contribution in [0.3, 0.4) is 0 Å². The van der Waals surface area contributed by atoms with Gasteiger partial charge in [0, 0.05) is 19.1 Å². The van der Waals surface area contributed by atoms with Crippen molar-refractivity contribution in [1.82, 2.24) is 4.90 Å². The molecule has 2 N–H and O–H groups in total. The summed E-state index contributed by atoms with van der Waals surface area (Å²) in [6.07, 6.45) is 2.56. The van der Waals surface area contributed by atoms with Gasteiger partial charge in [0.1, 0.15) is 0 Å². The molecule has 11 heavy (non-hydrogen) atoms. The predicted molar refractivity (Wildman–Crippen MR) is 48.5 cm³/mol. The predicted octanol–water partition coefficient (Wildman–Crippen LogP) is 1.07. The van der Waals surface area contributed by atoms with Crippen LogP contribution in [0.15, 0.2) is 0 Å². The average molecular weight is 156 g/mol. The summed E-state index contributed by atoms with van der Waals surface area (Å²) >= 11 is 0. The third kappa shape index (κ3) is 2.17. The second-order valence-corrected chi connectivity index (χ2v) is 3.69. The van der Waals surface area contributed by atoms with Crippen molar-refractivity contribution in [1.29, 1.82) is 0 Å². The van der Waals surface area contributed by atoms with Crippen LogP contribution in [0, 0.1) is 5.92 Å². The molecule has 1 fully saturated rings. The van der Waals surface area contributed by atoms with Crippen molar-refractivity contribution in [3.63, 3.8) is 0 Å². The molecule has 2 nitrogen and oxygen atoms in total. The topological polar surface area (TPSA) is 29.3 Å². The summed E-state index contributed by atoms with van der Waals surface area (Å²) in [6.45, 7) is 7.89. The van der Waals surface area contributed by atoms with Crippen molar-refractivity contribution in [2.75, 3.05) is 19.6 Å².